The van der Waals surface area contributed by atoms with Gasteiger partial charge in [0.05, 0.1) is 5.56 Å². The average Bonchev–Trinajstić information content (AvgIpc) is 2.91. The van der Waals surface area contributed by atoms with Crippen molar-refractivity contribution in [1.29, 1.82) is 0 Å². The molecule has 2 aromatic heterocycles. The molecule has 1 aliphatic heterocycles. The van der Waals surface area contributed by atoms with Crippen LogP contribution in [0.3, 0.4) is 0 Å². The van der Waals surface area contributed by atoms with Crippen LogP contribution in [0.5, 0.6) is 0 Å². The van der Waals surface area contributed by atoms with E-state index < -0.39 is 0 Å². The van der Waals surface area contributed by atoms with Crippen molar-refractivity contribution in [2.75, 3.05) is 42.3 Å². The Kier molecular flexibility index (Phi) is 5.42. The minimum Gasteiger partial charge on any atom is -0.363 e. The highest BCUT2D eigenvalue weighted by molar-refractivity contribution is 6.03. The quantitative estimate of drug-likeness (QED) is 0.922. The van der Waals surface area contributed by atoms with E-state index in [4.69, 9.17) is 0 Å². The predicted octanol–water partition coefficient (Wildman–Crippen LogP) is 2.57. The fourth-order valence-electron chi connectivity index (χ4n) is 2.86. The van der Waals surface area contributed by atoms with Gasteiger partial charge in [-0.3, -0.25) is 4.79 Å². The maximum Gasteiger partial charge on any atom is 0.258 e. The van der Waals surface area contributed by atoms with E-state index in [9.17, 15) is 4.79 Å². The summed E-state index contributed by atoms with van der Waals surface area (Å²) in [6, 6.07) is 5.47. The van der Waals surface area contributed by atoms with Crippen LogP contribution in [0, 0.1) is 0 Å². The van der Waals surface area contributed by atoms with Gasteiger partial charge >= 0.3 is 0 Å². The number of aromatic nitrogens is 3. The molecule has 3 rings (SSSR count). The molecule has 25 heavy (non-hydrogen) atoms. The fraction of sp³-hybridized carbons (Fsp3) is 0.444. The molecule has 1 fully saturated rings. The lowest BCUT2D eigenvalue weighted by molar-refractivity contribution is 0.102. The van der Waals surface area contributed by atoms with E-state index >= 15 is 0 Å². The summed E-state index contributed by atoms with van der Waals surface area (Å²) in [6.45, 7) is 2.07. The Morgan fingerprint density at radius 1 is 1.08 bits per heavy atom. The molecule has 0 unspecified atom stereocenters. The Balaban J connectivity index is 1.67. The molecular weight excluding hydrogens is 316 g/mol. The largest absolute Gasteiger partial charge is 0.363 e. The molecule has 2 aromatic rings. The van der Waals surface area contributed by atoms with Crippen LogP contribution < -0.4 is 15.1 Å². The number of rotatable bonds is 4. The van der Waals surface area contributed by atoms with Crippen molar-refractivity contribution >= 4 is 23.4 Å². The van der Waals surface area contributed by atoms with E-state index in [2.05, 4.69) is 25.2 Å². The summed E-state index contributed by atoms with van der Waals surface area (Å²) in [5, 5.41) is 2.79. The molecule has 132 valence electrons. The van der Waals surface area contributed by atoms with Gasteiger partial charge in [0.1, 0.15) is 23.8 Å². The van der Waals surface area contributed by atoms with Crippen molar-refractivity contribution in [2.45, 2.75) is 25.7 Å². The Morgan fingerprint density at radius 2 is 1.84 bits per heavy atom. The van der Waals surface area contributed by atoms with Gasteiger partial charge in [0.15, 0.2) is 0 Å². The molecule has 0 aromatic carbocycles. The Morgan fingerprint density at radius 3 is 2.48 bits per heavy atom. The summed E-state index contributed by atoms with van der Waals surface area (Å²) in [5.41, 5.74) is 0.517. The first-order valence-corrected chi connectivity index (χ1v) is 8.65. The van der Waals surface area contributed by atoms with E-state index in [-0.39, 0.29) is 5.91 Å². The molecule has 1 amide bonds. The number of nitrogens with zero attached hydrogens (tertiary/aromatic N) is 5. The second-order valence-electron chi connectivity index (χ2n) is 6.42. The van der Waals surface area contributed by atoms with Crippen molar-refractivity contribution in [1.82, 2.24) is 15.0 Å². The van der Waals surface area contributed by atoms with Crippen molar-refractivity contribution in [3.8, 4) is 0 Å². The second-order valence-corrected chi connectivity index (χ2v) is 6.42. The van der Waals surface area contributed by atoms with Crippen molar-refractivity contribution < 1.29 is 4.79 Å². The van der Waals surface area contributed by atoms with Gasteiger partial charge in [-0.25, -0.2) is 15.0 Å². The molecule has 1 aliphatic rings. The van der Waals surface area contributed by atoms with E-state index in [1.165, 1.54) is 32.0 Å². The van der Waals surface area contributed by atoms with Crippen molar-refractivity contribution in [3.63, 3.8) is 0 Å². The van der Waals surface area contributed by atoms with Gasteiger partial charge in [0.25, 0.3) is 5.91 Å². The van der Waals surface area contributed by atoms with Crippen LogP contribution in [0.1, 0.15) is 36.0 Å². The maximum atomic E-state index is 12.4. The molecule has 0 aliphatic carbocycles. The first-order valence-electron chi connectivity index (χ1n) is 8.65. The van der Waals surface area contributed by atoms with Crippen LogP contribution in [-0.2, 0) is 0 Å². The SMILES string of the molecule is CN(C)c1cc(NC(=O)c2ccc(N3CCCCCC3)nc2)ncn1. The van der Waals surface area contributed by atoms with Gasteiger partial charge < -0.3 is 15.1 Å². The molecule has 3 heterocycles. The summed E-state index contributed by atoms with van der Waals surface area (Å²) < 4.78 is 0. The van der Waals surface area contributed by atoms with Gasteiger partial charge in [-0.15, -0.1) is 0 Å². The summed E-state index contributed by atoms with van der Waals surface area (Å²) in [6.07, 6.45) is 8.03. The molecule has 7 nitrogen and oxygen atoms in total. The number of carbonyl (C=O) groups excluding carboxylic acids is 1. The molecule has 0 radical (unpaired) electrons. The zero-order valence-corrected chi connectivity index (χ0v) is 14.8. The van der Waals surface area contributed by atoms with Gasteiger partial charge in [0.2, 0.25) is 0 Å². The van der Waals surface area contributed by atoms with Crippen LogP contribution in [0.2, 0.25) is 0 Å². The summed E-state index contributed by atoms with van der Waals surface area (Å²) in [7, 11) is 3.78. The van der Waals surface area contributed by atoms with Crippen LogP contribution in [-0.4, -0.2) is 48.0 Å². The highest BCUT2D eigenvalue weighted by Gasteiger charge is 2.13. The lowest BCUT2D eigenvalue weighted by atomic mass is 10.2. The van der Waals surface area contributed by atoms with Gasteiger partial charge in [-0.1, -0.05) is 12.8 Å². The van der Waals surface area contributed by atoms with Crippen molar-refractivity contribution in [3.05, 3.63) is 36.3 Å². The Hall–Kier alpha value is -2.70. The van der Waals surface area contributed by atoms with Crippen LogP contribution in [0.4, 0.5) is 17.5 Å². The third kappa shape index (κ3) is 4.43. The lowest BCUT2D eigenvalue weighted by Crippen LogP contribution is -2.25. The zero-order chi connectivity index (χ0) is 17.6. The van der Waals surface area contributed by atoms with Crippen LogP contribution in [0.15, 0.2) is 30.7 Å². The molecule has 0 atom stereocenters. The monoisotopic (exact) mass is 340 g/mol. The smallest absolute Gasteiger partial charge is 0.258 e. The molecule has 1 saturated heterocycles. The third-order valence-corrected chi connectivity index (χ3v) is 4.29. The van der Waals surface area contributed by atoms with Gasteiger partial charge in [0, 0.05) is 39.4 Å². The van der Waals surface area contributed by atoms with E-state index in [1.54, 1.807) is 12.3 Å². The number of nitrogens with one attached hydrogen (secondary N) is 1. The number of carbonyl (C=O) groups is 1. The standard InChI is InChI=1S/C18H24N6O/c1-23(2)17-11-15(20-13-21-17)22-18(25)14-7-8-16(19-12-14)24-9-5-3-4-6-10-24/h7-8,11-13H,3-6,9-10H2,1-2H3,(H,20,21,22,25). The summed E-state index contributed by atoms with van der Waals surface area (Å²) in [4.78, 5) is 29.3. The molecule has 1 N–H and O–H groups in total. The minimum absolute atomic E-state index is 0.224. The van der Waals surface area contributed by atoms with Gasteiger partial charge in [-0.2, -0.15) is 0 Å². The molecular formula is C18H24N6O. The lowest BCUT2D eigenvalue weighted by Gasteiger charge is -2.21. The highest BCUT2D eigenvalue weighted by atomic mass is 16.1. The van der Waals surface area contributed by atoms with Crippen molar-refractivity contribution in [2.24, 2.45) is 0 Å². The van der Waals surface area contributed by atoms with Gasteiger partial charge in [-0.05, 0) is 25.0 Å². The highest BCUT2D eigenvalue weighted by Crippen LogP contribution is 2.18. The second kappa shape index (κ2) is 7.92. The fourth-order valence-corrected chi connectivity index (χ4v) is 2.86. The van der Waals surface area contributed by atoms with E-state index in [1.807, 2.05) is 31.1 Å². The zero-order valence-electron chi connectivity index (χ0n) is 14.8. The number of hydrogen-bond donors (Lipinski definition) is 1. The first kappa shape index (κ1) is 17.1. The summed E-state index contributed by atoms with van der Waals surface area (Å²) >= 11 is 0. The average molecular weight is 340 g/mol. The molecule has 0 spiro atoms. The number of pyridine rings is 1. The Labute approximate surface area is 148 Å². The number of anilines is 3. The van der Waals surface area contributed by atoms with Crippen LogP contribution >= 0.6 is 0 Å². The summed E-state index contributed by atoms with van der Waals surface area (Å²) in [5.74, 6) is 1.92. The van der Waals surface area contributed by atoms with E-state index in [0.29, 0.717) is 11.4 Å². The molecule has 0 saturated carbocycles. The molecule has 7 heteroatoms. The predicted molar refractivity (Wildman–Crippen MR) is 99.2 cm³/mol. The normalized spacial score (nSPS) is 14.7. The topological polar surface area (TPSA) is 74.2 Å². The molecule has 0 bridgehead atoms. The Bertz CT molecular complexity index is 708. The van der Waals surface area contributed by atoms with E-state index in [0.717, 1.165) is 24.7 Å². The maximum absolute atomic E-state index is 12.4. The van der Waals surface area contributed by atoms with Crippen LogP contribution in [0.25, 0.3) is 0 Å². The minimum atomic E-state index is -0.224. The third-order valence-electron chi connectivity index (χ3n) is 4.29. The number of hydrogen-bond acceptors (Lipinski definition) is 6. The first-order chi connectivity index (χ1) is 12.1. The number of amides is 1.